The van der Waals surface area contributed by atoms with Crippen LogP contribution >= 0.6 is 23.4 Å². The summed E-state index contributed by atoms with van der Waals surface area (Å²) in [6.07, 6.45) is 0. The Labute approximate surface area is 169 Å². The highest BCUT2D eigenvalue weighted by atomic mass is 35.5. The van der Waals surface area contributed by atoms with E-state index in [0.717, 1.165) is 22.9 Å². The van der Waals surface area contributed by atoms with Gasteiger partial charge in [-0.25, -0.2) is 4.98 Å². The van der Waals surface area contributed by atoms with Gasteiger partial charge in [0.1, 0.15) is 5.69 Å². The van der Waals surface area contributed by atoms with Gasteiger partial charge in [0.25, 0.3) is 5.69 Å². The van der Waals surface area contributed by atoms with Crippen molar-refractivity contribution in [1.29, 1.82) is 0 Å². The molecule has 144 valence electrons. The molecule has 28 heavy (non-hydrogen) atoms. The molecular formula is C18H16ClN5O3S. The number of halogens is 1. The number of hydrogen-bond acceptors (Lipinski definition) is 6. The quantitative estimate of drug-likeness (QED) is 0.349. The van der Waals surface area contributed by atoms with Gasteiger partial charge in [0.05, 0.1) is 10.7 Å². The Morgan fingerprint density at radius 2 is 2.00 bits per heavy atom. The van der Waals surface area contributed by atoms with E-state index >= 15 is 0 Å². The summed E-state index contributed by atoms with van der Waals surface area (Å²) in [5.74, 6) is 0.199. The average molecular weight is 418 g/mol. The lowest BCUT2D eigenvalue weighted by atomic mass is 10.1. The van der Waals surface area contributed by atoms with Crippen LogP contribution in [0.4, 0.5) is 11.4 Å². The van der Waals surface area contributed by atoms with Crippen LogP contribution in [0.15, 0.2) is 41.6 Å². The Morgan fingerprint density at radius 1 is 1.29 bits per heavy atom. The highest BCUT2D eigenvalue weighted by Crippen LogP contribution is 2.30. The van der Waals surface area contributed by atoms with E-state index in [9.17, 15) is 14.9 Å². The number of amides is 1. The maximum atomic E-state index is 12.3. The third-order valence-electron chi connectivity index (χ3n) is 3.84. The van der Waals surface area contributed by atoms with Crippen molar-refractivity contribution >= 4 is 40.6 Å². The molecule has 0 saturated heterocycles. The largest absolute Gasteiger partial charge is 0.319 e. The van der Waals surface area contributed by atoms with E-state index in [-0.39, 0.29) is 23.0 Å². The van der Waals surface area contributed by atoms with Crippen LogP contribution in [-0.4, -0.2) is 31.8 Å². The molecular weight excluding hydrogens is 402 g/mol. The van der Waals surface area contributed by atoms with Gasteiger partial charge in [0.15, 0.2) is 5.82 Å². The van der Waals surface area contributed by atoms with Crippen LogP contribution in [0.2, 0.25) is 5.02 Å². The molecule has 0 aliphatic rings. The van der Waals surface area contributed by atoms with Crippen molar-refractivity contribution in [2.75, 3.05) is 11.1 Å². The molecule has 2 N–H and O–H groups in total. The minimum atomic E-state index is -0.504. The molecule has 0 saturated carbocycles. The number of nitro groups is 1. The topological polar surface area (TPSA) is 114 Å². The van der Waals surface area contributed by atoms with E-state index < -0.39 is 4.92 Å². The van der Waals surface area contributed by atoms with Crippen molar-refractivity contribution in [2.45, 2.75) is 19.0 Å². The summed E-state index contributed by atoms with van der Waals surface area (Å²) in [5.41, 5.74) is 2.29. The summed E-state index contributed by atoms with van der Waals surface area (Å²) >= 11 is 7.00. The van der Waals surface area contributed by atoms with Crippen LogP contribution in [0.1, 0.15) is 11.1 Å². The standard InChI is InChI=1S/C18H16ClN5O3S/c1-10-7-11(2)16(14(8-10)24(26)27)20-15(25)9-28-18-21-17(22-23-18)12-3-5-13(19)6-4-12/h3-8H,9H2,1-2H3,(H,20,25)(H,21,22,23). The van der Waals surface area contributed by atoms with Crippen LogP contribution in [0.5, 0.6) is 0 Å². The van der Waals surface area contributed by atoms with Crippen LogP contribution in [0, 0.1) is 24.0 Å². The van der Waals surface area contributed by atoms with Crippen LogP contribution in [0.25, 0.3) is 11.4 Å². The number of aromatic nitrogens is 3. The van der Waals surface area contributed by atoms with Crippen molar-refractivity contribution in [3.05, 3.63) is 62.7 Å². The van der Waals surface area contributed by atoms with Crippen LogP contribution in [-0.2, 0) is 4.79 Å². The Morgan fingerprint density at radius 3 is 2.68 bits per heavy atom. The number of carbonyl (C=O) groups is 1. The first-order chi connectivity index (χ1) is 13.3. The smallest absolute Gasteiger partial charge is 0.293 e. The maximum absolute atomic E-state index is 12.3. The molecule has 0 radical (unpaired) electrons. The molecule has 0 spiro atoms. The molecule has 3 aromatic rings. The van der Waals surface area contributed by atoms with E-state index in [2.05, 4.69) is 20.5 Å². The number of nitrogens with zero attached hydrogens (tertiary/aromatic N) is 3. The lowest BCUT2D eigenvalue weighted by Gasteiger charge is -2.09. The van der Waals surface area contributed by atoms with E-state index in [1.165, 1.54) is 6.07 Å². The lowest BCUT2D eigenvalue weighted by Crippen LogP contribution is -2.16. The zero-order chi connectivity index (χ0) is 20.3. The molecule has 0 unspecified atom stereocenters. The number of aromatic amines is 1. The molecule has 1 amide bonds. The van der Waals surface area contributed by atoms with Crippen LogP contribution in [0.3, 0.4) is 0 Å². The fourth-order valence-corrected chi connectivity index (χ4v) is 3.33. The Balaban J connectivity index is 1.66. The highest BCUT2D eigenvalue weighted by molar-refractivity contribution is 7.99. The van der Waals surface area contributed by atoms with E-state index in [0.29, 0.717) is 21.6 Å². The monoisotopic (exact) mass is 417 g/mol. The number of anilines is 1. The SMILES string of the molecule is Cc1cc(C)c(NC(=O)CSc2n[nH]c(-c3ccc(Cl)cc3)n2)c([N+](=O)[O-])c1. The van der Waals surface area contributed by atoms with Crippen LogP contribution < -0.4 is 5.32 Å². The molecule has 3 rings (SSSR count). The fourth-order valence-electron chi connectivity index (χ4n) is 2.61. The maximum Gasteiger partial charge on any atom is 0.293 e. The second-order valence-electron chi connectivity index (χ2n) is 6.04. The number of thioether (sulfide) groups is 1. The third kappa shape index (κ3) is 4.68. The summed E-state index contributed by atoms with van der Waals surface area (Å²) in [5, 5.41) is 21.8. The summed E-state index contributed by atoms with van der Waals surface area (Å²) in [7, 11) is 0. The normalized spacial score (nSPS) is 10.7. The number of benzene rings is 2. The van der Waals surface area contributed by atoms with Gasteiger partial charge in [0, 0.05) is 16.7 Å². The van der Waals surface area contributed by atoms with Crippen molar-refractivity contribution in [2.24, 2.45) is 0 Å². The van der Waals surface area contributed by atoms with Gasteiger partial charge in [-0.15, -0.1) is 5.10 Å². The third-order valence-corrected chi connectivity index (χ3v) is 4.93. The molecule has 0 bridgehead atoms. The second kappa shape index (κ2) is 8.41. The summed E-state index contributed by atoms with van der Waals surface area (Å²) in [4.78, 5) is 27.4. The van der Waals surface area contributed by atoms with Crippen molar-refractivity contribution in [3.8, 4) is 11.4 Å². The molecule has 0 fully saturated rings. The number of carbonyl (C=O) groups excluding carboxylic acids is 1. The number of hydrogen-bond donors (Lipinski definition) is 2. The first-order valence-electron chi connectivity index (χ1n) is 8.20. The number of rotatable bonds is 6. The minimum Gasteiger partial charge on any atom is -0.319 e. The molecule has 1 aromatic heterocycles. The molecule has 0 atom stereocenters. The highest BCUT2D eigenvalue weighted by Gasteiger charge is 2.19. The zero-order valence-corrected chi connectivity index (χ0v) is 16.6. The number of nitrogens with one attached hydrogen (secondary N) is 2. The predicted molar refractivity (Wildman–Crippen MR) is 109 cm³/mol. The number of H-pyrrole nitrogens is 1. The van der Waals surface area contributed by atoms with Gasteiger partial charge in [0.2, 0.25) is 11.1 Å². The van der Waals surface area contributed by atoms with Gasteiger partial charge in [-0.2, -0.15) is 0 Å². The van der Waals surface area contributed by atoms with Gasteiger partial charge in [-0.05, 0) is 49.2 Å². The molecule has 1 heterocycles. The summed E-state index contributed by atoms with van der Waals surface area (Å²) in [6, 6.07) is 10.3. The van der Waals surface area contributed by atoms with E-state index in [4.69, 9.17) is 11.6 Å². The second-order valence-corrected chi connectivity index (χ2v) is 7.42. The van der Waals surface area contributed by atoms with Gasteiger partial charge < -0.3 is 5.32 Å². The van der Waals surface area contributed by atoms with E-state index in [1.807, 2.05) is 12.1 Å². The predicted octanol–water partition coefficient (Wildman–Crippen LogP) is 4.38. The summed E-state index contributed by atoms with van der Waals surface area (Å²) in [6.45, 7) is 3.49. The molecule has 0 aliphatic carbocycles. The zero-order valence-electron chi connectivity index (χ0n) is 15.0. The lowest BCUT2D eigenvalue weighted by molar-refractivity contribution is -0.384. The van der Waals surface area contributed by atoms with Gasteiger partial charge in [-0.3, -0.25) is 20.0 Å². The van der Waals surface area contributed by atoms with Crippen molar-refractivity contribution in [3.63, 3.8) is 0 Å². The van der Waals surface area contributed by atoms with Crippen molar-refractivity contribution in [1.82, 2.24) is 15.2 Å². The number of aryl methyl sites for hydroxylation is 2. The molecule has 2 aromatic carbocycles. The molecule has 10 heteroatoms. The fraction of sp³-hybridized carbons (Fsp3) is 0.167. The van der Waals surface area contributed by atoms with Gasteiger partial charge in [-0.1, -0.05) is 29.4 Å². The molecule has 8 nitrogen and oxygen atoms in total. The first kappa shape index (κ1) is 19.8. The Bertz CT molecular complexity index is 1040. The minimum absolute atomic E-state index is 0.0163. The summed E-state index contributed by atoms with van der Waals surface area (Å²) < 4.78 is 0. The Kier molecular flexibility index (Phi) is 5.96. The number of nitro benzene ring substituents is 1. The van der Waals surface area contributed by atoms with E-state index in [1.54, 1.807) is 32.0 Å². The Hall–Kier alpha value is -2.91. The van der Waals surface area contributed by atoms with Crippen molar-refractivity contribution < 1.29 is 9.72 Å². The van der Waals surface area contributed by atoms with Gasteiger partial charge >= 0.3 is 0 Å². The molecule has 0 aliphatic heterocycles. The average Bonchev–Trinajstić information content (AvgIpc) is 3.11. The first-order valence-corrected chi connectivity index (χ1v) is 9.56.